The van der Waals surface area contributed by atoms with Gasteiger partial charge in [0.25, 0.3) is 0 Å². The van der Waals surface area contributed by atoms with Crippen molar-refractivity contribution in [3.63, 3.8) is 0 Å². The summed E-state index contributed by atoms with van der Waals surface area (Å²) in [5.41, 5.74) is 2.14. The van der Waals surface area contributed by atoms with Crippen LogP contribution in [0, 0.1) is 0 Å². The SMILES string of the molecule is O=C(Cc1c[nH]c2ccccc12)N1CCCC[C@@H]1C1OCCO1. The number of aromatic nitrogens is 1. The summed E-state index contributed by atoms with van der Waals surface area (Å²) in [4.78, 5) is 18.1. The summed E-state index contributed by atoms with van der Waals surface area (Å²) >= 11 is 0. The molecule has 4 rings (SSSR count). The smallest absolute Gasteiger partial charge is 0.227 e. The fourth-order valence-electron chi connectivity index (χ4n) is 3.69. The molecule has 5 nitrogen and oxygen atoms in total. The lowest BCUT2D eigenvalue weighted by Crippen LogP contribution is -2.50. The van der Waals surface area contributed by atoms with E-state index in [4.69, 9.17) is 9.47 Å². The minimum atomic E-state index is -0.248. The molecule has 0 unspecified atom stereocenters. The Bertz CT molecular complexity index is 690. The fourth-order valence-corrected chi connectivity index (χ4v) is 3.69. The molecule has 3 heterocycles. The Labute approximate surface area is 135 Å². The van der Waals surface area contributed by atoms with Gasteiger partial charge in [-0.1, -0.05) is 18.2 Å². The molecule has 1 aromatic heterocycles. The lowest BCUT2D eigenvalue weighted by Gasteiger charge is -2.38. The highest BCUT2D eigenvalue weighted by molar-refractivity contribution is 5.89. The van der Waals surface area contributed by atoms with E-state index < -0.39 is 0 Å². The molecule has 122 valence electrons. The van der Waals surface area contributed by atoms with Crippen molar-refractivity contribution in [2.45, 2.75) is 38.0 Å². The maximum absolute atomic E-state index is 12.9. The van der Waals surface area contributed by atoms with E-state index in [1.54, 1.807) is 0 Å². The molecule has 2 aliphatic rings. The predicted molar refractivity (Wildman–Crippen MR) is 87.0 cm³/mol. The molecule has 1 atom stereocenters. The topological polar surface area (TPSA) is 54.6 Å². The molecule has 2 fully saturated rings. The summed E-state index contributed by atoms with van der Waals surface area (Å²) in [5, 5.41) is 1.13. The molecule has 0 spiro atoms. The van der Waals surface area contributed by atoms with Gasteiger partial charge in [0.05, 0.1) is 25.7 Å². The predicted octanol–water partition coefficient (Wildman–Crippen LogP) is 2.46. The molecule has 23 heavy (non-hydrogen) atoms. The Morgan fingerprint density at radius 1 is 1.22 bits per heavy atom. The van der Waals surface area contributed by atoms with Crippen molar-refractivity contribution in [2.75, 3.05) is 19.8 Å². The van der Waals surface area contributed by atoms with Crippen LogP contribution < -0.4 is 0 Å². The van der Waals surface area contributed by atoms with Crippen LogP contribution in [0.25, 0.3) is 10.9 Å². The van der Waals surface area contributed by atoms with E-state index >= 15 is 0 Å². The van der Waals surface area contributed by atoms with Gasteiger partial charge in [-0.15, -0.1) is 0 Å². The van der Waals surface area contributed by atoms with Gasteiger partial charge in [-0.25, -0.2) is 0 Å². The van der Waals surface area contributed by atoms with E-state index in [0.717, 1.165) is 42.3 Å². The second-order valence-electron chi connectivity index (χ2n) is 6.30. The Morgan fingerprint density at radius 2 is 2.04 bits per heavy atom. The van der Waals surface area contributed by atoms with E-state index in [-0.39, 0.29) is 18.2 Å². The maximum Gasteiger partial charge on any atom is 0.227 e. The molecule has 1 amide bonds. The van der Waals surface area contributed by atoms with Crippen LogP contribution in [-0.4, -0.2) is 47.9 Å². The molecule has 1 N–H and O–H groups in total. The largest absolute Gasteiger partial charge is 0.361 e. The van der Waals surface area contributed by atoms with Crippen LogP contribution in [-0.2, 0) is 20.7 Å². The lowest BCUT2D eigenvalue weighted by molar-refractivity contribution is -0.149. The van der Waals surface area contributed by atoms with Gasteiger partial charge in [0.1, 0.15) is 0 Å². The van der Waals surface area contributed by atoms with E-state index in [1.807, 2.05) is 29.3 Å². The Morgan fingerprint density at radius 3 is 2.91 bits per heavy atom. The van der Waals surface area contributed by atoms with Crippen molar-refractivity contribution >= 4 is 16.8 Å². The van der Waals surface area contributed by atoms with Gasteiger partial charge in [-0.3, -0.25) is 4.79 Å². The summed E-state index contributed by atoms with van der Waals surface area (Å²) in [6.45, 7) is 2.06. The van der Waals surface area contributed by atoms with Crippen molar-refractivity contribution in [2.24, 2.45) is 0 Å². The number of ether oxygens (including phenoxy) is 2. The number of hydrogen-bond acceptors (Lipinski definition) is 3. The van der Waals surface area contributed by atoms with Gasteiger partial charge in [-0.2, -0.15) is 0 Å². The molecule has 0 radical (unpaired) electrons. The van der Waals surface area contributed by atoms with Crippen LogP contribution in [0.2, 0.25) is 0 Å². The number of benzene rings is 1. The molecule has 2 aromatic rings. The van der Waals surface area contributed by atoms with Crippen LogP contribution in [0.3, 0.4) is 0 Å². The van der Waals surface area contributed by atoms with Crippen LogP contribution in [0.5, 0.6) is 0 Å². The number of fused-ring (bicyclic) bond motifs is 1. The van der Waals surface area contributed by atoms with Crippen LogP contribution in [0.15, 0.2) is 30.5 Å². The molecule has 0 saturated carbocycles. The number of para-hydroxylation sites is 1. The Hall–Kier alpha value is -1.85. The number of carbonyl (C=O) groups is 1. The number of H-pyrrole nitrogens is 1. The monoisotopic (exact) mass is 314 g/mol. The standard InChI is InChI=1S/C18H22N2O3/c21-17(11-13-12-19-15-6-2-1-5-14(13)15)20-8-4-3-7-16(20)18-22-9-10-23-18/h1-2,5-6,12,16,18-19H,3-4,7-11H2/t16-/m1/s1. The van der Waals surface area contributed by atoms with Crippen molar-refractivity contribution in [3.8, 4) is 0 Å². The first-order chi connectivity index (χ1) is 11.3. The summed E-state index contributed by atoms with van der Waals surface area (Å²) in [7, 11) is 0. The van der Waals surface area contributed by atoms with Crippen molar-refractivity contribution in [1.82, 2.24) is 9.88 Å². The average Bonchev–Trinajstić information content (AvgIpc) is 3.25. The summed E-state index contributed by atoms with van der Waals surface area (Å²) in [6.07, 6.45) is 5.28. The maximum atomic E-state index is 12.9. The van der Waals surface area contributed by atoms with Crippen molar-refractivity contribution in [3.05, 3.63) is 36.0 Å². The second kappa shape index (κ2) is 6.34. The van der Waals surface area contributed by atoms with Crippen LogP contribution in [0.4, 0.5) is 0 Å². The number of amides is 1. The molecule has 0 aliphatic carbocycles. The Kier molecular flexibility index (Phi) is 4.06. The minimum Gasteiger partial charge on any atom is -0.361 e. The molecule has 1 aromatic carbocycles. The van der Waals surface area contributed by atoms with Gasteiger partial charge in [0.2, 0.25) is 5.91 Å². The van der Waals surface area contributed by atoms with E-state index in [2.05, 4.69) is 11.1 Å². The molecule has 0 bridgehead atoms. The number of aromatic amines is 1. The third-order valence-corrected chi connectivity index (χ3v) is 4.85. The number of piperidine rings is 1. The number of rotatable bonds is 3. The number of hydrogen-bond donors (Lipinski definition) is 1. The van der Waals surface area contributed by atoms with Crippen molar-refractivity contribution < 1.29 is 14.3 Å². The van der Waals surface area contributed by atoms with Crippen LogP contribution >= 0.6 is 0 Å². The number of carbonyl (C=O) groups excluding carboxylic acids is 1. The third-order valence-electron chi connectivity index (χ3n) is 4.85. The van der Waals surface area contributed by atoms with E-state index in [9.17, 15) is 4.79 Å². The molecule has 2 saturated heterocycles. The van der Waals surface area contributed by atoms with Crippen molar-refractivity contribution in [1.29, 1.82) is 0 Å². The zero-order valence-corrected chi connectivity index (χ0v) is 13.2. The van der Waals surface area contributed by atoms with E-state index in [0.29, 0.717) is 19.6 Å². The summed E-state index contributed by atoms with van der Waals surface area (Å²) in [5.74, 6) is 0.165. The molecule has 5 heteroatoms. The molecular weight excluding hydrogens is 292 g/mol. The first kappa shape index (κ1) is 14.7. The first-order valence-corrected chi connectivity index (χ1v) is 8.40. The number of nitrogens with zero attached hydrogens (tertiary/aromatic N) is 1. The van der Waals surface area contributed by atoms with Gasteiger partial charge in [-0.05, 0) is 30.9 Å². The Balaban J connectivity index is 1.52. The third kappa shape index (κ3) is 2.86. The molecular formula is C18H22N2O3. The normalized spacial score (nSPS) is 22.8. The highest BCUT2D eigenvalue weighted by Gasteiger charge is 2.36. The first-order valence-electron chi connectivity index (χ1n) is 8.40. The zero-order valence-electron chi connectivity index (χ0n) is 13.2. The summed E-state index contributed by atoms with van der Waals surface area (Å²) in [6, 6.07) is 8.16. The quantitative estimate of drug-likeness (QED) is 0.947. The van der Waals surface area contributed by atoms with Crippen LogP contribution in [0.1, 0.15) is 24.8 Å². The summed E-state index contributed by atoms with van der Waals surface area (Å²) < 4.78 is 11.3. The minimum absolute atomic E-state index is 0.0592. The number of nitrogens with one attached hydrogen (secondary N) is 1. The number of likely N-dealkylation sites (tertiary alicyclic amines) is 1. The highest BCUT2D eigenvalue weighted by Crippen LogP contribution is 2.26. The fraction of sp³-hybridized carbons (Fsp3) is 0.500. The van der Waals surface area contributed by atoms with E-state index in [1.165, 1.54) is 0 Å². The highest BCUT2D eigenvalue weighted by atomic mass is 16.7. The zero-order chi connectivity index (χ0) is 15.6. The average molecular weight is 314 g/mol. The van der Waals surface area contributed by atoms with Gasteiger partial charge >= 0.3 is 0 Å². The second-order valence-corrected chi connectivity index (χ2v) is 6.30. The lowest BCUT2D eigenvalue weighted by atomic mass is 10.00. The van der Waals surface area contributed by atoms with Gasteiger partial charge in [0, 0.05) is 23.6 Å². The van der Waals surface area contributed by atoms with Gasteiger partial charge < -0.3 is 19.4 Å². The molecule has 2 aliphatic heterocycles. The van der Waals surface area contributed by atoms with Gasteiger partial charge in [0.15, 0.2) is 6.29 Å².